The van der Waals surface area contributed by atoms with Crippen molar-refractivity contribution >= 4 is 15.9 Å². The Morgan fingerprint density at radius 1 is 1.12 bits per heavy atom. The van der Waals surface area contributed by atoms with E-state index in [2.05, 4.69) is 19.9 Å². The number of allylic oxidation sites excluding steroid dienone is 4. The normalized spacial score (nSPS) is 46.2. The summed E-state index contributed by atoms with van der Waals surface area (Å²) in [6.07, 6.45) is 12.8. The van der Waals surface area contributed by atoms with Gasteiger partial charge in [0.2, 0.25) is 0 Å². The van der Waals surface area contributed by atoms with Gasteiger partial charge in [-0.05, 0) is 73.8 Å². The summed E-state index contributed by atoms with van der Waals surface area (Å²) in [6, 6.07) is 0. The van der Waals surface area contributed by atoms with E-state index in [0.29, 0.717) is 17.8 Å². The minimum atomic E-state index is -3.42. The highest BCUT2D eigenvalue weighted by molar-refractivity contribution is 7.86. The molecule has 0 aromatic rings. The number of carbonyl (C=O) groups excluding carboxylic acids is 1. The molecule has 4 aliphatic rings. The van der Waals surface area contributed by atoms with E-state index in [1.807, 2.05) is 6.08 Å². The summed E-state index contributed by atoms with van der Waals surface area (Å²) in [4.78, 5) is 11.8. The molecular weight excluding hydrogens is 336 g/mol. The molecule has 0 spiro atoms. The van der Waals surface area contributed by atoms with Crippen LogP contribution in [0.15, 0.2) is 23.8 Å². The first-order chi connectivity index (χ1) is 11.6. The summed E-state index contributed by atoms with van der Waals surface area (Å²) in [6.45, 7) is 4.53. The van der Waals surface area contributed by atoms with Crippen LogP contribution in [0.5, 0.6) is 0 Å². The van der Waals surface area contributed by atoms with Gasteiger partial charge in [0.1, 0.15) is 0 Å². The SMILES string of the molecule is C[C@]12CC[C@H]3[C@@H](CCC4=CC(=O)C=C[C@@]43C)[C@@H]1CC[C@@H]2OS(C)(=O)=O. The van der Waals surface area contributed by atoms with Crippen molar-refractivity contribution in [3.05, 3.63) is 23.8 Å². The van der Waals surface area contributed by atoms with E-state index in [-0.39, 0.29) is 22.7 Å². The summed E-state index contributed by atoms with van der Waals surface area (Å²) >= 11 is 0. The van der Waals surface area contributed by atoms with Gasteiger partial charge < -0.3 is 0 Å². The Bertz CT molecular complexity index is 765. The number of ketones is 1. The second kappa shape index (κ2) is 5.53. The molecule has 0 aliphatic heterocycles. The molecule has 0 radical (unpaired) electrons. The van der Waals surface area contributed by atoms with Gasteiger partial charge in [-0.25, -0.2) is 0 Å². The first-order valence-electron chi connectivity index (χ1n) is 9.46. The summed E-state index contributed by atoms with van der Waals surface area (Å²) in [5.74, 6) is 1.77. The molecule has 0 unspecified atom stereocenters. The predicted octanol–water partition coefficient (Wildman–Crippen LogP) is 3.64. The fourth-order valence-electron chi connectivity index (χ4n) is 6.52. The topological polar surface area (TPSA) is 60.4 Å². The molecule has 0 bridgehead atoms. The van der Waals surface area contributed by atoms with E-state index < -0.39 is 10.1 Å². The number of rotatable bonds is 2. The second-order valence-corrected chi connectivity index (χ2v) is 10.6. The molecular formula is C20H28O4S. The van der Waals surface area contributed by atoms with Crippen LogP contribution in [-0.4, -0.2) is 26.6 Å². The number of hydrogen-bond acceptors (Lipinski definition) is 4. The third-order valence-corrected chi connectivity index (χ3v) is 8.34. The van der Waals surface area contributed by atoms with Gasteiger partial charge in [-0.1, -0.05) is 25.5 Å². The van der Waals surface area contributed by atoms with E-state index in [0.717, 1.165) is 44.8 Å². The highest BCUT2D eigenvalue weighted by Crippen LogP contribution is 2.64. The van der Waals surface area contributed by atoms with Gasteiger partial charge in [0, 0.05) is 5.41 Å². The highest BCUT2D eigenvalue weighted by Gasteiger charge is 2.59. The Kier molecular flexibility index (Phi) is 3.86. The zero-order valence-corrected chi connectivity index (χ0v) is 16.1. The molecule has 138 valence electrons. The molecule has 25 heavy (non-hydrogen) atoms. The van der Waals surface area contributed by atoms with Gasteiger partial charge in [-0.15, -0.1) is 0 Å². The van der Waals surface area contributed by atoms with Crippen LogP contribution in [0.25, 0.3) is 0 Å². The van der Waals surface area contributed by atoms with Crippen molar-refractivity contribution in [1.82, 2.24) is 0 Å². The molecule has 0 amide bonds. The number of hydrogen-bond donors (Lipinski definition) is 0. The molecule has 0 aromatic carbocycles. The van der Waals surface area contributed by atoms with Crippen molar-refractivity contribution in [2.75, 3.05) is 6.26 Å². The van der Waals surface area contributed by atoms with Gasteiger partial charge in [0.05, 0.1) is 12.4 Å². The summed E-state index contributed by atoms with van der Waals surface area (Å²) in [5.41, 5.74) is 1.25. The monoisotopic (exact) mass is 364 g/mol. The minimum Gasteiger partial charge on any atom is -0.290 e. The Labute approximate surface area is 150 Å². The smallest absolute Gasteiger partial charge is 0.264 e. The van der Waals surface area contributed by atoms with Gasteiger partial charge in [-0.3, -0.25) is 8.98 Å². The van der Waals surface area contributed by atoms with Crippen molar-refractivity contribution in [2.24, 2.45) is 28.6 Å². The average molecular weight is 365 g/mol. The zero-order valence-electron chi connectivity index (χ0n) is 15.3. The van der Waals surface area contributed by atoms with E-state index in [9.17, 15) is 13.2 Å². The van der Waals surface area contributed by atoms with Crippen LogP contribution in [0, 0.1) is 28.6 Å². The van der Waals surface area contributed by atoms with Crippen LogP contribution in [0.2, 0.25) is 0 Å². The molecule has 3 fully saturated rings. The highest BCUT2D eigenvalue weighted by atomic mass is 32.2. The van der Waals surface area contributed by atoms with E-state index >= 15 is 0 Å². The standard InChI is InChI=1S/C20H28O4S/c1-19-10-8-14(21)12-13(19)4-5-15-16-6-7-18(24-25(3,22)23)20(16,2)11-9-17(15)19/h8,10,12,15-18H,4-7,9,11H2,1-3H3/t15-,16-,17-,18-,19-,20-/m0/s1. The lowest BCUT2D eigenvalue weighted by Crippen LogP contribution is -2.50. The summed E-state index contributed by atoms with van der Waals surface area (Å²) in [5, 5.41) is 0. The Morgan fingerprint density at radius 3 is 2.60 bits per heavy atom. The molecule has 4 nitrogen and oxygen atoms in total. The maximum atomic E-state index is 11.8. The van der Waals surface area contributed by atoms with E-state index in [1.165, 1.54) is 5.57 Å². The maximum Gasteiger partial charge on any atom is 0.264 e. The molecule has 0 N–H and O–H groups in total. The number of fused-ring (bicyclic) bond motifs is 5. The van der Waals surface area contributed by atoms with Crippen molar-refractivity contribution in [3.8, 4) is 0 Å². The lowest BCUT2D eigenvalue weighted by Gasteiger charge is -2.56. The molecule has 0 aromatic heterocycles. The van der Waals surface area contributed by atoms with Gasteiger partial charge >= 0.3 is 0 Å². The van der Waals surface area contributed by atoms with Crippen molar-refractivity contribution in [3.63, 3.8) is 0 Å². The van der Waals surface area contributed by atoms with Gasteiger partial charge in [-0.2, -0.15) is 8.42 Å². The van der Waals surface area contributed by atoms with Gasteiger partial charge in [0.25, 0.3) is 10.1 Å². The average Bonchev–Trinajstić information content (AvgIpc) is 2.83. The molecule has 4 aliphatic carbocycles. The maximum absolute atomic E-state index is 11.8. The Balaban J connectivity index is 1.63. The third kappa shape index (κ3) is 2.66. The molecule has 6 atom stereocenters. The molecule has 4 rings (SSSR count). The minimum absolute atomic E-state index is 0.00602. The zero-order chi connectivity index (χ0) is 18.0. The lowest BCUT2D eigenvalue weighted by molar-refractivity contribution is -0.111. The van der Waals surface area contributed by atoms with Crippen LogP contribution in [0.4, 0.5) is 0 Å². The first-order valence-corrected chi connectivity index (χ1v) is 11.3. The summed E-state index contributed by atoms with van der Waals surface area (Å²) < 4.78 is 28.9. The predicted molar refractivity (Wildman–Crippen MR) is 96.3 cm³/mol. The Morgan fingerprint density at radius 2 is 1.88 bits per heavy atom. The van der Waals surface area contributed by atoms with Crippen LogP contribution < -0.4 is 0 Å². The lowest BCUT2D eigenvalue weighted by atomic mass is 9.48. The van der Waals surface area contributed by atoms with Crippen LogP contribution >= 0.6 is 0 Å². The molecule has 0 heterocycles. The fraction of sp³-hybridized carbons (Fsp3) is 0.750. The van der Waals surface area contributed by atoms with Crippen LogP contribution in [-0.2, 0) is 19.1 Å². The number of carbonyl (C=O) groups is 1. The second-order valence-electron chi connectivity index (χ2n) is 9.01. The van der Waals surface area contributed by atoms with E-state index in [1.54, 1.807) is 6.08 Å². The Hall–Kier alpha value is -0.940. The van der Waals surface area contributed by atoms with E-state index in [4.69, 9.17) is 4.18 Å². The van der Waals surface area contributed by atoms with Crippen LogP contribution in [0.1, 0.15) is 52.4 Å². The van der Waals surface area contributed by atoms with Gasteiger partial charge in [0.15, 0.2) is 5.78 Å². The fourth-order valence-corrected chi connectivity index (χ4v) is 7.26. The molecule has 5 heteroatoms. The summed E-state index contributed by atoms with van der Waals surface area (Å²) in [7, 11) is -3.42. The van der Waals surface area contributed by atoms with Crippen LogP contribution in [0.3, 0.4) is 0 Å². The van der Waals surface area contributed by atoms with Crippen molar-refractivity contribution in [2.45, 2.75) is 58.5 Å². The van der Waals surface area contributed by atoms with Crippen molar-refractivity contribution < 1.29 is 17.4 Å². The third-order valence-electron chi connectivity index (χ3n) is 7.76. The molecule has 3 saturated carbocycles. The quantitative estimate of drug-likeness (QED) is 0.702. The first kappa shape index (κ1) is 17.5. The molecule has 0 saturated heterocycles. The largest absolute Gasteiger partial charge is 0.290 e. The van der Waals surface area contributed by atoms with Crippen molar-refractivity contribution in [1.29, 1.82) is 0 Å².